The summed E-state index contributed by atoms with van der Waals surface area (Å²) >= 11 is 5.81. The van der Waals surface area contributed by atoms with Gasteiger partial charge in [-0.05, 0) is 42.3 Å². The first-order chi connectivity index (χ1) is 20.4. The molecule has 1 atom stereocenters. The maximum Gasteiger partial charge on any atom is 0.356 e. The van der Waals surface area contributed by atoms with Crippen LogP contribution in [0.2, 0.25) is 5.02 Å². The van der Waals surface area contributed by atoms with Crippen molar-refractivity contribution in [3.8, 4) is 17.1 Å². The zero-order chi connectivity index (χ0) is 29.5. The van der Waals surface area contributed by atoms with Crippen molar-refractivity contribution in [2.24, 2.45) is 0 Å². The van der Waals surface area contributed by atoms with Crippen molar-refractivity contribution >= 4 is 35.0 Å². The Labute approximate surface area is 247 Å². The van der Waals surface area contributed by atoms with Crippen LogP contribution in [0, 0.1) is 5.82 Å². The monoisotopic (exact) mass is 590 g/mol. The smallest absolute Gasteiger partial charge is 0.356 e. The van der Waals surface area contributed by atoms with Gasteiger partial charge in [0.25, 0.3) is 0 Å². The van der Waals surface area contributed by atoms with Gasteiger partial charge in [0.2, 0.25) is 11.8 Å². The molecule has 4 aromatic rings. The maximum absolute atomic E-state index is 14.1. The molecule has 1 saturated heterocycles. The number of hydrogen-bond donors (Lipinski definition) is 2. The second-order valence-electron chi connectivity index (χ2n) is 9.55. The van der Waals surface area contributed by atoms with E-state index in [0.717, 1.165) is 17.5 Å². The molecule has 2 aromatic carbocycles. The van der Waals surface area contributed by atoms with Crippen LogP contribution in [0.3, 0.4) is 0 Å². The number of carbonyl (C=O) groups excluding carboxylic acids is 2. The van der Waals surface area contributed by atoms with Gasteiger partial charge in [-0.2, -0.15) is 0 Å². The Balaban J connectivity index is 1.21. The number of pyridine rings is 2. The summed E-state index contributed by atoms with van der Waals surface area (Å²) in [5.74, 6) is -0.544. The summed E-state index contributed by atoms with van der Waals surface area (Å²) in [4.78, 5) is 33.7. The Bertz CT molecular complexity index is 1580. The molecule has 0 saturated carbocycles. The largest absolute Gasteiger partial charge is 0.473 e. The third kappa shape index (κ3) is 7.39. The number of rotatable bonds is 11. The van der Waals surface area contributed by atoms with Crippen molar-refractivity contribution in [3.05, 3.63) is 100 Å². The van der Waals surface area contributed by atoms with E-state index in [2.05, 4.69) is 20.6 Å². The molecule has 2 aromatic heterocycles. The van der Waals surface area contributed by atoms with E-state index >= 15 is 0 Å². The van der Waals surface area contributed by atoms with Crippen LogP contribution >= 0.6 is 11.6 Å². The molecule has 216 valence electrons. The lowest BCUT2D eigenvalue weighted by atomic mass is 10.1. The number of nitrogens with one attached hydrogen (secondary N) is 2. The van der Waals surface area contributed by atoms with Crippen molar-refractivity contribution in [3.63, 3.8) is 0 Å². The third-order valence-corrected chi connectivity index (χ3v) is 6.82. The molecular weight excluding hydrogens is 563 g/mol. The van der Waals surface area contributed by atoms with E-state index in [9.17, 15) is 14.0 Å². The number of carbonyl (C=O) groups is 2. The van der Waals surface area contributed by atoms with Gasteiger partial charge in [-0.1, -0.05) is 48.0 Å². The van der Waals surface area contributed by atoms with Crippen LogP contribution in [-0.4, -0.2) is 48.2 Å². The summed E-state index contributed by atoms with van der Waals surface area (Å²) in [6, 6.07) is 20.3. The van der Waals surface area contributed by atoms with Crippen LogP contribution < -0.4 is 15.4 Å². The highest BCUT2D eigenvalue weighted by Crippen LogP contribution is 2.24. The van der Waals surface area contributed by atoms with Crippen molar-refractivity contribution in [1.82, 2.24) is 9.97 Å². The summed E-state index contributed by atoms with van der Waals surface area (Å²) in [7, 11) is 1.28. The second-order valence-corrected chi connectivity index (χ2v) is 9.99. The quantitative estimate of drug-likeness (QED) is 0.215. The fourth-order valence-electron chi connectivity index (χ4n) is 4.19. The Morgan fingerprint density at radius 1 is 1.07 bits per heavy atom. The number of anilines is 2. The lowest BCUT2D eigenvalue weighted by Crippen LogP contribution is -2.34. The van der Waals surface area contributed by atoms with Crippen LogP contribution in [0.25, 0.3) is 11.3 Å². The minimum atomic E-state index is -0.571. The zero-order valence-electron chi connectivity index (χ0n) is 22.7. The van der Waals surface area contributed by atoms with Crippen LogP contribution in [0.4, 0.5) is 15.9 Å². The second kappa shape index (κ2) is 13.4. The molecule has 5 rings (SSSR count). The highest BCUT2D eigenvalue weighted by Gasteiger charge is 2.20. The van der Waals surface area contributed by atoms with Gasteiger partial charge < -0.3 is 24.8 Å². The summed E-state index contributed by atoms with van der Waals surface area (Å²) in [5.41, 5.74) is 3.24. The Morgan fingerprint density at radius 2 is 1.88 bits per heavy atom. The van der Waals surface area contributed by atoms with E-state index in [4.69, 9.17) is 25.8 Å². The van der Waals surface area contributed by atoms with Crippen molar-refractivity contribution in [1.29, 1.82) is 0 Å². The maximum atomic E-state index is 14.1. The number of esters is 1. The third-order valence-electron chi connectivity index (χ3n) is 6.58. The Kier molecular flexibility index (Phi) is 9.25. The topological polar surface area (TPSA) is 112 Å². The summed E-state index contributed by atoms with van der Waals surface area (Å²) in [6.07, 6.45) is 1.11. The lowest BCUT2D eigenvalue weighted by molar-refractivity contribution is -0.115. The molecule has 1 unspecified atom stereocenters. The van der Waals surface area contributed by atoms with Gasteiger partial charge in [0.1, 0.15) is 12.4 Å². The van der Waals surface area contributed by atoms with E-state index in [1.165, 1.54) is 19.2 Å². The van der Waals surface area contributed by atoms with Gasteiger partial charge in [-0.25, -0.2) is 19.2 Å². The predicted octanol–water partition coefficient (Wildman–Crippen LogP) is 5.68. The molecule has 0 bridgehead atoms. The molecule has 9 nitrogen and oxygen atoms in total. The van der Waals surface area contributed by atoms with Gasteiger partial charge in [0.05, 0.1) is 31.0 Å². The van der Waals surface area contributed by atoms with E-state index in [0.29, 0.717) is 46.8 Å². The van der Waals surface area contributed by atoms with Gasteiger partial charge in [-0.3, -0.25) is 4.79 Å². The minimum Gasteiger partial charge on any atom is -0.473 e. The van der Waals surface area contributed by atoms with E-state index in [1.807, 2.05) is 30.3 Å². The minimum absolute atomic E-state index is 0.0139. The number of nitrogens with zero attached hydrogens (tertiary/aromatic N) is 2. The first-order valence-corrected chi connectivity index (χ1v) is 13.6. The molecule has 11 heteroatoms. The van der Waals surface area contributed by atoms with E-state index < -0.39 is 11.8 Å². The highest BCUT2D eigenvalue weighted by atomic mass is 35.5. The van der Waals surface area contributed by atoms with Crippen LogP contribution in [-0.2, 0) is 27.3 Å². The van der Waals surface area contributed by atoms with Crippen LogP contribution in [0.5, 0.6) is 5.88 Å². The Hall–Kier alpha value is -4.54. The van der Waals surface area contributed by atoms with E-state index in [1.54, 1.807) is 30.3 Å². The molecule has 1 aliphatic rings. The molecule has 0 radical (unpaired) electrons. The predicted molar refractivity (Wildman–Crippen MR) is 156 cm³/mol. The number of ether oxygens (including phenoxy) is 3. The molecule has 42 heavy (non-hydrogen) atoms. The van der Waals surface area contributed by atoms with Crippen LogP contribution in [0.1, 0.15) is 28.0 Å². The highest BCUT2D eigenvalue weighted by molar-refractivity contribution is 6.30. The van der Waals surface area contributed by atoms with Gasteiger partial charge in [0, 0.05) is 35.4 Å². The van der Waals surface area contributed by atoms with Gasteiger partial charge in [0.15, 0.2) is 11.5 Å². The molecular formula is C31H28ClFN4O5. The first-order valence-electron chi connectivity index (χ1n) is 13.3. The van der Waals surface area contributed by atoms with Crippen LogP contribution in [0.15, 0.2) is 72.8 Å². The van der Waals surface area contributed by atoms with Crippen molar-refractivity contribution in [2.75, 3.05) is 30.9 Å². The number of methoxy groups -OCH3 is 1. The molecule has 1 fully saturated rings. The molecule has 0 spiro atoms. The molecule has 0 aliphatic carbocycles. The fraction of sp³-hybridized carbons (Fsp3) is 0.226. The number of hydrogen-bond acceptors (Lipinski definition) is 8. The standard InChI is InChI=1S/C31H28ClFN4O5/c1-40-31(39)27-12-11-26(30(37-27)34-17-23-13-14-41-23)35-28(38)15-19-5-7-20(8-6-19)25-3-2-4-29(36-25)42-18-21-9-10-22(32)16-24(21)33/h2-12,16,23H,13-15,17-18H2,1H3,(H,34,37)(H,35,38). The number of halogens is 2. The van der Waals surface area contributed by atoms with Gasteiger partial charge in [-0.15, -0.1) is 0 Å². The average Bonchev–Trinajstić information content (AvgIpc) is 2.96. The van der Waals surface area contributed by atoms with Crippen molar-refractivity contribution in [2.45, 2.75) is 25.6 Å². The fourth-order valence-corrected chi connectivity index (χ4v) is 4.35. The summed E-state index contributed by atoms with van der Waals surface area (Å²) in [6.45, 7) is 1.23. The number of aromatic nitrogens is 2. The summed E-state index contributed by atoms with van der Waals surface area (Å²) < 4.78 is 30.0. The van der Waals surface area contributed by atoms with Crippen molar-refractivity contribution < 1.29 is 28.2 Å². The Morgan fingerprint density at radius 3 is 2.60 bits per heavy atom. The number of amides is 1. The molecule has 1 amide bonds. The van der Waals surface area contributed by atoms with Gasteiger partial charge >= 0.3 is 5.97 Å². The average molecular weight is 591 g/mol. The molecule has 2 N–H and O–H groups in total. The molecule has 1 aliphatic heterocycles. The SMILES string of the molecule is COC(=O)c1ccc(NC(=O)Cc2ccc(-c3cccc(OCc4ccc(Cl)cc4F)n3)cc2)c(NCC2CCO2)n1. The summed E-state index contributed by atoms with van der Waals surface area (Å²) in [5, 5.41) is 6.35. The lowest BCUT2D eigenvalue weighted by Gasteiger charge is -2.27. The molecule has 3 heterocycles. The first kappa shape index (κ1) is 29.0. The zero-order valence-corrected chi connectivity index (χ0v) is 23.5. The number of benzene rings is 2. The van der Waals surface area contributed by atoms with E-state index in [-0.39, 0.29) is 30.7 Å². The normalized spacial score (nSPS) is 14.0.